The van der Waals surface area contributed by atoms with Crippen LogP contribution in [0.3, 0.4) is 0 Å². The minimum absolute atomic E-state index is 0.148. The van der Waals surface area contributed by atoms with Gasteiger partial charge >= 0.3 is 0 Å². The van der Waals surface area contributed by atoms with Crippen LogP contribution in [0.15, 0.2) is 30.3 Å². The van der Waals surface area contributed by atoms with Gasteiger partial charge in [0, 0.05) is 6.04 Å². The number of anilines is 1. The fourth-order valence-electron chi connectivity index (χ4n) is 2.29. The maximum absolute atomic E-state index is 9.03. The third-order valence-corrected chi connectivity index (χ3v) is 3.31. The lowest BCUT2D eigenvalue weighted by molar-refractivity contribution is 0.869. The molecule has 0 spiro atoms. The molecule has 0 amide bonds. The molecule has 3 nitrogen and oxygen atoms in total. The molecule has 1 unspecified atom stereocenters. The van der Waals surface area contributed by atoms with Crippen LogP contribution in [0.25, 0.3) is 0 Å². The van der Waals surface area contributed by atoms with Gasteiger partial charge in [-0.15, -0.1) is 0 Å². The minimum Gasteiger partial charge on any atom is -0.364 e. The summed E-state index contributed by atoms with van der Waals surface area (Å²) in [5.41, 5.74) is 5.11. The van der Waals surface area contributed by atoms with Crippen molar-refractivity contribution >= 4 is 5.82 Å². The number of aryl methyl sites for hydroxylation is 3. The molecule has 20 heavy (non-hydrogen) atoms. The number of nitrogens with zero attached hydrogens (tertiary/aromatic N) is 2. The lowest BCUT2D eigenvalue weighted by Gasteiger charge is -2.16. The van der Waals surface area contributed by atoms with Crippen LogP contribution in [0.1, 0.15) is 40.9 Å². The molecule has 3 heteroatoms. The summed E-state index contributed by atoms with van der Waals surface area (Å²) in [6, 6.07) is 12.6. The van der Waals surface area contributed by atoms with E-state index in [1.807, 2.05) is 19.1 Å². The number of rotatable bonds is 3. The van der Waals surface area contributed by atoms with Crippen molar-refractivity contribution in [3.05, 3.63) is 58.3 Å². The van der Waals surface area contributed by atoms with Gasteiger partial charge in [0.25, 0.3) is 0 Å². The first-order valence-electron chi connectivity index (χ1n) is 6.72. The number of pyridine rings is 1. The van der Waals surface area contributed by atoms with E-state index in [2.05, 4.69) is 55.3 Å². The molecule has 1 aromatic heterocycles. The van der Waals surface area contributed by atoms with E-state index in [0.717, 1.165) is 11.4 Å². The molecule has 0 aliphatic heterocycles. The molecular formula is C17H19N3. The van der Waals surface area contributed by atoms with Gasteiger partial charge in [-0.05, 0) is 44.9 Å². The highest BCUT2D eigenvalue weighted by atomic mass is 15.0. The van der Waals surface area contributed by atoms with Gasteiger partial charge in [-0.2, -0.15) is 5.26 Å². The van der Waals surface area contributed by atoms with Crippen molar-refractivity contribution < 1.29 is 0 Å². The van der Waals surface area contributed by atoms with Crippen LogP contribution in [0.2, 0.25) is 0 Å². The molecule has 1 atom stereocenters. The van der Waals surface area contributed by atoms with Crippen molar-refractivity contribution in [3.63, 3.8) is 0 Å². The molecule has 0 saturated heterocycles. The Morgan fingerprint density at radius 1 is 1.10 bits per heavy atom. The molecule has 2 aromatic rings. The fourth-order valence-corrected chi connectivity index (χ4v) is 2.29. The summed E-state index contributed by atoms with van der Waals surface area (Å²) in [5.74, 6) is 0.735. The van der Waals surface area contributed by atoms with Crippen molar-refractivity contribution in [1.82, 2.24) is 4.98 Å². The summed E-state index contributed by atoms with van der Waals surface area (Å²) in [7, 11) is 0. The van der Waals surface area contributed by atoms with Crippen molar-refractivity contribution in [1.29, 1.82) is 5.26 Å². The predicted octanol–water partition coefficient (Wildman–Crippen LogP) is 4.05. The zero-order chi connectivity index (χ0) is 14.7. The molecule has 0 bridgehead atoms. The van der Waals surface area contributed by atoms with E-state index in [1.165, 1.54) is 16.7 Å². The van der Waals surface area contributed by atoms with Crippen molar-refractivity contribution in [2.45, 2.75) is 33.7 Å². The molecule has 2 rings (SSSR count). The summed E-state index contributed by atoms with van der Waals surface area (Å²) in [6.45, 7) is 8.19. The van der Waals surface area contributed by atoms with Gasteiger partial charge in [-0.3, -0.25) is 0 Å². The first kappa shape index (κ1) is 14.1. The fraction of sp³-hybridized carbons (Fsp3) is 0.294. The Morgan fingerprint density at radius 3 is 2.35 bits per heavy atom. The Kier molecular flexibility index (Phi) is 4.05. The Hall–Kier alpha value is -2.34. The Labute approximate surface area is 120 Å². The van der Waals surface area contributed by atoms with Crippen LogP contribution >= 0.6 is 0 Å². The van der Waals surface area contributed by atoms with Crippen LogP contribution in [0.4, 0.5) is 5.82 Å². The first-order chi connectivity index (χ1) is 9.49. The molecular weight excluding hydrogens is 246 g/mol. The number of hydrogen-bond donors (Lipinski definition) is 1. The molecule has 0 fully saturated rings. The molecule has 0 radical (unpaired) electrons. The Balaban J connectivity index is 2.23. The van der Waals surface area contributed by atoms with Gasteiger partial charge in [-0.1, -0.05) is 35.4 Å². The Morgan fingerprint density at radius 2 is 1.75 bits per heavy atom. The largest absolute Gasteiger partial charge is 0.364 e. The number of aromatic nitrogens is 1. The van der Waals surface area contributed by atoms with Gasteiger partial charge in [0.2, 0.25) is 0 Å². The van der Waals surface area contributed by atoms with Crippen molar-refractivity contribution in [2.24, 2.45) is 0 Å². The number of nitriles is 1. The molecule has 0 saturated carbocycles. The van der Waals surface area contributed by atoms with E-state index in [9.17, 15) is 0 Å². The highest BCUT2D eigenvalue weighted by Gasteiger charge is 2.08. The van der Waals surface area contributed by atoms with Gasteiger partial charge in [0.1, 0.15) is 17.6 Å². The van der Waals surface area contributed by atoms with E-state index in [4.69, 9.17) is 5.26 Å². The molecule has 0 aliphatic rings. The molecule has 1 heterocycles. The summed E-state index contributed by atoms with van der Waals surface area (Å²) in [6.07, 6.45) is 0. The molecule has 102 valence electrons. The third kappa shape index (κ3) is 3.16. The van der Waals surface area contributed by atoms with Crippen LogP contribution in [-0.2, 0) is 0 Å². The second kappa shape index (κ2) is 5.75. The van der Waals surface area contributed by atoms with Crippen LogP contribution in [0, 0.1) is 32.1 Å². The topological polar surface area (TPSA) is 48.7 Å². The van der Waals surface area contributed by atoms with Gasteiger partial charge in [0.15, 0.2) is 0 Å². The summed E-state index contributed by atoms with van der Waals surface area (Å²) in [5, 5.41) is 12.4. The lowest BCUT2D eigenvalue weighted by Crippen LogP contribution is -2.09. The highest BCUT2D eigenvalue weighted by Crippen LogP contribution is 2.21. The zero-order valence-electron chi connectivity index (χ0n) is 12.4. The summed E-state index contributed by atoms with van der Waals surface area (Å²) < 4.78 is 0. The number of hydrogen-bond acceptors (Lipinski definition) is 3. The smallest absolute Gasteiger partial charge is 0.145 e. The highest BCUT2D eigenvalue weighted by molar-refractivity contribution is 5.45. The quantitative estimate of drug-likeness (QED) is 0.910. The SMILES string of the molecule is Cc1cc(C)cc(C(C)Nc2ccc(C)c(C#N)n2)c1. The maximum atomic E-state index is 9.03. The lowest BCUT2D eigenvalue weighted by atomic mass is 10.0. The van der Waals surface area contributed by atoms with Crippen molar-refractivity contribution in [2.75, 3.05) is 5.32 Å². The second-order valence-electron chi connectivity index (χ2n) is 5.26. The zero-order valence-corrected chi connectivity index (χ0v) is 12.4. The van der Waals surface area contributed by atoms with E-state index >= 15 is 0 Å². The Bertz CT molecular complexity index is 648. The number of benzene rings is 1. The summed E-state index contributed by atoms with van der Waals surface area (Å²) >= 11 is 0. The van der Waals surface area contributed by atoms with E-state index < -0.39 is 0 Å². The molecule has 1 aromatic carbocycles. The molecule has 1 N–H and O–H groups in total. The monoisotopic (exact) mass is 265 g/mol. The first-order valence-corrected chi connectivity index (χ1v) is 6.72. The third-order valence-electron chi connectivity index (χ3n) is 3.31. The average Bonchev–Trinajstić information content (AvgIpc) is 2.39. The van der Waals surface area contributed by atoms with Gasteiger partial charge < -0.3 is 5.32 Å². The summed E-state index contributed by atoms with van der Waals surface area (Å²) in [4.78, 5) is 4.33. The number of nitrogens with one attached hydrogen (secondary N) is 1. The van der Waals surface area contributed by atoms with E-state index in [-0.39, 0.29) is 6.04 Å². The van der Waals surface area contributed by atoms with Crippen LogP contribution in [0.5, 0.6) is 0 Å². The van der Waals surface area contributed by atoms with Gasteiger partial charge in [0.05, 0.1) is 0 Å². The van der Waals surface area contributed by atoms with Crippen LogP contribution < -0.4 is 5.32 Å². The van der Waals surface area contributed by atoms with Gasteiger partial charge in [-0.25, -0.2) is 4.98 Å². The van der Waals surface area contributed by atoms with Crippen LogP contribution in [-0.4, -0.2) is 4.98 Å². The average molecular weight is 265 g/mol. The minimum atomic E-state index is 0.148. The van der Waals surface area contributed by atoms with Crippen molar-refractivity contribution in [3.8, 4) is 6.07 Å². The van der Waals surface area contributed by atoms with E-state index in [1.54, 1.807) is 0 Å². The second-order valence-corrected chi connectivity index (χ2v) is 5.26. The van der Waals surface area contributed by atoms with E-state index in [0.29, 0.717) is 5.69 Å². The molecule has 0 aliphatic carbocycles. The predicted molar refractivity (Wildman–Crippen MR) is 81.6 cm³/mol. The normalized spacial score (nSPS) is 11.8. The standard InChI is InChI=1S/C17H19N3/c1-11-7-12(2)9-15(8-11)14(4)19-17-6-5-13(3)16(10-18)20-17/h5-9,14H,1-4H3,(H,19,20). The maximum Gasteiger partial charge on any atom is 0.145 e.